The summed E-state index contributed by atoms with van der Waals surface area (Å²) in [5.74, 6) is 0.839. The van der Waals surface area contributed by atoms with Crippen LogP contribution in [0.2, 0.25) is 0 Å². The molecule has 0 radical (unpaired) electrons. The third-order valence-electron chi connectivity index (χ3n) is 10.5. The van der Waals surface area contributed by atoms with Crippen molar-refractivity contribution in [3.8, 4) is 11.1 Å². The van der Waals surface area contributed by atoms with Gasteiger partial charge in [0.15, 0.2) is 5.84 Å². The molecule has 62 heavy (non-hydrogen) atoms. The molecule has 0 aromatic heterocycles. The van der Waals surface area contributed by atoms with E-state index in [1.807, 2.05) is 110 Å². The number of aliphatic imine (C=N–C) groups is 3. The Morgan fingerprint density at radius 3 is 1.94 bits per heavy atom. The van der Waals surface area contributed by atoms with Crippen LogP contribution in [0.5, 0.6) is 0 Å². The first kappa shape index (κ1) is 42.1. The lowest BCUT2D eigenvalue weighted by Gasteiger charge is -2.13. The molecule has 0 aliphatic carbocycles. The molecule has 0 unspecified atom stereocenters. The van der Waals surface area contributed by atoms with Crippen LogP contribution in [0.3, 0.4) is 0 Å². The standard InChI is InChI=1S/C57H49N5/c1-5-6-9-18-42(4)61-55(38-58)47-33-29-45(30-34-47)41(3)36-50(57(60-39-43-19-10-7-11-20-43)62-56(59)48-21-12-8-13-22-48)35-40(2)44-27-31-46(32-28-44)54-37-49-23-14-15-24-51(49)52-25-16-17-26-53(52)54/h5-38,58H,3-4,39H2,1-2H3,(H2,59,60,62)/b6-5-,18-9-,40-35+,50-36+,58-38?,61-55?. The number of benzene rings is 7. The molecule has 0 amide bonds. The smallest absolute Gasteiger partial charge is 0.157 e. The highest BCUT2D eigenvalue weighted by Crippen LogP contribution is 2.35. The maximum absolute atomic E-state index is 8.05. The third kappa shape index (κ3) is 10.4. The van der Waals surface area contributed by atoms with Crippen molar-refractivity contribution in [2.75, 3.05) is 0 Å². The Morgan fingerprint density at radius 1 is 0.629 bits per heavy atom. The summed E-state index contributed by atoms with van der Waals surface area (Å²) < 4.78 is 0. The molecule has 3 N–H and O–H groups in total. The number of fused-ring (bicyclic) bond motifs is 3. The van der Waals surface area contributed by atoms with Gasteiger partial charge in [0.05, 0.1) is 18.0 Å². The molecule has 7 aromatic carbocycles. The van der Waals surface area contributed by atoms with Crippen molar-refractivity contribution < 1.29 is 0 Å². The Balaban J connectivity index is 1.29. The summed E-state index contributed by atoms with van der Waals surface area (Å²) in [6.45, 7) is 13.0. The van der Waals surface area contributed by atoms with Gasteiger partial charge in [0.25, 0.3) is 0 Å². The largest absolute Gasteiger partial charge is 0.383 e. The minimum absolute atomic E-state index is 0.358. The fourth-order valence-electron chi connectivity index (χ4n) is 7.20. The first-order chi connectivity index (χ1) is 30.3. The molecular weight excluding hydrogens is 755 g/mol. The second-order valence-corrected chi connectivity index (χ2v) is 14.8. The molecule has 0 heterocycles. The lowest BCUT2D eigenvalue weighted by Crippen LogP contribution is -2.16. The lowest BCUT2D eigenvalue weighted by molar-refractivity contribution is 1.06. The van der Waals surface area contributed by atoms with Crippen molar-refractivity contribution >= 4 is 56.3 Å². The summed E-state index contributed by atoms with van der Waals surface area (Å²) in [6, 6.07) is 55.9. The highest BCUT2D eigenvalue weighted by Gasteiger charge is 2.13. The summed E-state index contributed by atoms with van der Waals surface area (Å²) in [5.41, 5.74) is 17.2. The zero-order valence-electron chi connectivity index (χ0n) is 35.2. The van der Waals surface area contributed by atoms with E-state index >= 15 is 0 Å². The molecule has 0 saturated heterocycles. The molecule has 0 aliphatic rings. The van der Waals surface area contributed by atoms with Gasteiger partial charge in [-0.25, -0.2) is 9.98 Å². The van der Waals surface area contributed by atoms with Crippen molar-refractivity contribution in [3.05, 3.63) is 252 Å². The molecule has 0 saturated carbocycles. The highest BCUT2D eigenvalue weighted by molar-refractivity contribution is 6.37. The van der Waals surface area contributed by atoms with Crippen LogP contribution in [-0.4, -0.2) is 23.6 Å². The second-order valence-electron chi connectivity index (χ2n) is 14.8. The molecule has 7 rings (SSSR count). The Morgan fingerprint density at radius 2 is 1.24 bits per heavy atom. The Labute approximate surface area is 365 Å². The quantitative estimate of drug-likeness (QED) is 0.0488. The first-order valence-corrected chi connectivity index (χ1v) is 20.6. The zero-order valence-corrected chi connectivity index (χ0v) is 35.2. The number of hydrogen-bond donors (Lipinski definition) is 2. The normalized spacial score (nSPS) is 13.0. The number of rotatable bonds is 14. The van der Waals surface area contributed by atoms with E-state index in [4.69, 9.17) is 21.1 Å². The maximum atomic E-state index is 8.05. The lowest BCUT2D eigenvalue weighted by atomic mass is 9.92. The fraction of sp³-hybridized carbons (Fsp3) is 0.0526. The van der Waals surface area contributed by atoms with Crippen LogP contribution in [0.15, 0.2) is 240 Å². The SMILES string of the molecule is C=C(/C=C\C=C/C)N=C(C=N)c1ccc(C(=C)/C=C(\C=C(/C)c2ccc(-c3cc4ccccc4c4ccccc34)cc2)C(=NCc2ccccc2)N=C(N)c2ccccc2)cc1. The number of nitrogens with zero attached hydrogens (tertiary/aromatic N) is 3. The minimum Gasteiger partial charge on any atom is -0.383 e. The molecule has 0 spiro atoms. The average molecular weight is 804 g/mol. The Bertz CT molecular complexity index is 2960. The van der Waals surface area contributed by atoms with Gasteiger partial charge < -0.3 is 11.1 Å². The van der Waals surface area contributed by atoms with Gasteiger partial charge in [-0.1, -0.05) is 189 Å². The predicted molar refractivity (Wildman–Crippen MR) is 267 cm³/mol. The van der Waals surface area contributed by atoms with Crippen molar-refractivity contribution in [3.63, 3.8) is 0 Å². The number of allylic oxidation sites excluding steroid dienone is 7. The summed E-state index contributed by atoms with van der Waals surface area (Å²) in [6.07, 6.45) is 12.9. The first-order valence-electron chi connectivity index (χ1n) is 20.6. The summed E-state index contributed by atoms with van der Waals surface area (Å²) in [7, 11) is 0. The Hall–Kier alpha value is -8.02. The van der Waals surface area contributed by atoms with Gasteiger partial charge in [0, 0.05) is 22.9 Å². The Kier molecular flexibility index (Phi) is 13.8. The van der Waals surface area contributed by atoms with Gasteiger partial charge in [-0.15, -0.1) is 0 Å². The average Bonchev–Trinajstić information content (AvgIpc) is 3.32. The fourth-order valence-corrected chi connectivity index (χ4v) is 7.20. The monoisotopic (exact) mass is 803 g/mol. The van der Waals surface area contributed by atoms with E-state index in [0.717, 1.165) is 50.1 Å². The van der Waals surface area contributed by atoms with Crippen LogP contribution >= 0.6 is 0 Å². The molecule has 0 bridgehead atoms. The van der Waals surface area contributed by atoms with E-state index in [-0.39, 0.29) is 0 Å². The van der Waals surface area contributed by atoms with E-state index in [1.54, 1.807) is 0 Å². The van der Waals surface area contributed by atoms with Crippen LogP contribution in [0, 0.1) is 5.41 Å². The van der Waals surface area contributed by atoms with Crippen molar-refractivity contribution in [1.29, 1.82) is 5.41 Å². The van der Waals surface area contributed by atoms with Crippen LogP contribution < -0.4 is 5.73 Å². The van der Waals surface area contributed by atoms with Gasteiger partial charge in [-0.2, -0.15) is 0 Å². The van der Waals surface area contributed by atoms with E-state index in [9.17, 15) is 0 Å². The van der Waals surface area contributed by atoms with E-state index in [0.29, 0.717) is 29.6 Å². The molecule has 7 aromatic rings. The van der Waals surface area contributed by atoms with E-state index < -0.39 is 0 Å². The summed E-state index contributed by atoms with van der Waals surface area (Å²) in [5, 5.41) is 13.0. The number of nitrogens with one attached hydrogen (secondary N) is 1. The van der Waals surface area contributed by atoms with Gasteiger partial charge >= 0.3 is 0 Å². The van der Waals surface area contributed by atoms with E-state index in [2.05, 4.69) is 122 Å². The van der Waals surface area contributed by atoms with Gasteiger partial charge in [-0.05, 0) is 98.7 Å². The van der Waals surface area contributed by atoms with Gasteiger partial charge in [-0.3, -0.25) is 4.99 Å². The van der Waals surface area contributed by atoms with Crippen LogP contribution in [0.1, 0.15) is 41.7 Å². The number of nitrogens with two attached hydrogens (primary N) is 1. The molecule has 0 atom stereocenters. The van der Waals surface area contributed by atoms with E-state index in [1.165, 1.54) is 33.3 Å². The molecule has 0 aliphatic heterocycles. The third-order valence-corrected chi connectivity index (χ3v) is 10.5. The molecule has 0 fully saturated rings. The molecule has 5 heteroatoms. The predicted octanol–water partition coefficient (Wildman–Crippen LogP) is 13.8. The van der Waals surface area contributed by atoms with Gasteiger partial charge in [0.2, 0.25) is 0 Å². The molecule has 302 valence electrons. The summed E-state index contributed by atoms with van der Waals surface area (Å²) in [4.78, 5) is 14.7. The zero-order chi connectivity index (χ0) is 43.3. The summed E-state index contributed by atoms with van der Waals surface area (Å²) >= 11 is 0. The molecule has 5 nitrogen and oxygen atoms in total. The van der Waals surface area contributed by atoms with Crippen LogP contribution in [-0.2, 0) is 6.54 Å². The number of hydrogen-bond acceptors (Lipinski definition) is 3. The van der Waals surface area contributed by atoms with Crippen molar-refractivity contribution in [2.45, 2.75) is 20.4 Å². The highest BCUT2D eigenvalue weighted by atomic mass is 15.0. The van der Waals surface area contributed by atoms with Crippen LogP contribution in [0.4, 0.5) is 0 Å². The maximum Gasteiger partial charge on any atom is 0.157 e. The van der Waals surface area contributed by atoms with Crippen LogP contribution in [0.25, 0.3) is 43.8 Å². The van der Waals surface area contributed by atoms with Gasteiger partial charge in [0.1, 0.15) is 5.84 Å². The van der Waals surface area contributed by atoms with Crippen molar-refractivity contribution in [2.24, 2.45) is 20.7 Å². The van der Waals surface area contributed by atoms with Crippen molar-refractivity contribution in [1.82, 2.24) is 0 Å². The molecular formula is C57H49N5. The minimum atomic E-state index is 0.358. The number of amidine groups is 2. The topological polar surface area (TPSA) is 87.0 Å². The second kappa shape index (κ2) is 20.3.